The summed E-state index contributed by atoms with van der Waals surface area (Å²) in [6, 6.07) is 18.4. The van der Waals surface area contributed by atoms with Crippen molar-refractivity contribution in [2.75, 3.05) is 41.3 Å². The molecule has 0 radical (unpaired) electrons. The van der Waals surface area contributed by atoms with Crippen molar-refractivity contribution in [3.05, 3.63) is 83.4 Å². The molecule has 2 aliphatic rings. The fourth-order valence-electron chi connectivity index (χ4n) is 7.39. The number of ether oxygens (including phenoxy) is 1. The highest BCUT2D eigenvalue weighted by Crippen LogP contribution is 2.29. The number of nitrogens with one attached hydrogen (secondary N) is 3. The van der Waals surface area contributed by atoms with Crippen molar-refractivity contribution in [3.8, 4) is 22.8 Å². The molecule has 2 aliphatic heterocycles. The lowest BCUT2D eigenvalue weighted by Crippen LogP contribution is -2.53. The zero-order valence-corrected chi connectivity index (χ0v) is 35.8. The van der Waals surface area contributed by atoms with Crippen molar-refractivity contribution in [1.29, 1.82) is 0 Å². The van der Waals surface area contributed by atoms with Gasteiger partial charge < -0.3 is 39.6 Å². The Labute approximate surface area is 342 Å². The van der Waals surface area contributed by atoms with Crippen molar-refractivity contribution < 1.29 is 23.9 Å². The van der Waals surface area contributed by atoms with Crippen LogP contribution >= 0.6 is 0 Å². The summed E-state index contributed by atoms with van der Waals surface area (Å²) in [5.74, 6) is 0.249. The molecular formula is C44H61N9O5. The maximum absolute atomic E-state index is 13.3. The standard InChI is InChI=1S/C22H31N5O2.C22H30N4O3/c1-22(2,3)18(21(29)23-4)25-20(28)17-16-14-26(5)12-9-13-27(16)19(24-17)15-10-7-6-8-11-15;1-22(2,3)18(21(28)29-5)24-20(27)17-16-14-25(4)12-9-13-26(16)19(23-17)15-10-7-6-8-11-15/h6-8,10-11,18H,9,12-14H2,1-5H3,(H,23,29)(H,25,28);6-8,10-11,18H,9,12-14H2,1-5H3,(H,24,27)/t2*18-/m11/s1. The van der Waals surface area contributed by atoms with Crippen LogP contribution in [0.1, 0.15) is 86.7 Å². The van der Waals surface area contributed by atoms with Gasteiger partial charge in [0.25, 0.3) is 11.8 Å². The first kappa shape index (κ1) is 43.8. The van der Waals surface area contributed by atoms with Crippen molar-refractivity contribution in [1.82, 2.24) is 44.9 Å². The smallest absolute Gasteiger partial charge is 0.328 e. The van der Waals surface area contributed by atoms with Crippen LogP contribution in [0.3, 0.4) is 0 Å². The van der Waals surface area contributed by atoms with Gasteiger partial charge in [0.1, 0.15) is 23.7 Å². The quantitative estimate of drug-likeness (QED) is 0.210. The van der Waals surface area contributed by atoms with E-state index in [4.69, 9.17) is 14.7 Å². The van der Waals surface area contributed by atoms with Crippen LogP contribution in [0.4, 0.5) is 0 Å². The molecule has 0 unspecified atom stereocenters. The van der Waals surface area contributed by atoms with Gasteiger partial charge in [-0.1, -0.05) is 102 Å². The highest BCUT2D eigenvalue weighted by Gasteiger charge is 2.37. The monoisotopic (exact) mass is 795 g/mol. The van der Waals surface area contributed by atoms with E-state index in [-0.39, 0.29) is 17.7 Å². The molecule has 312 valence electrons. The second-order valence-corrected chi connectivity index (χ2v) is 17.4. The van der Waals surface area contributed by atoms with Crippen LogP contribution in [0.15, 0.2) is 60.7 Å². The fourth-order valence-corrected chi connectivity index (χ4v) is 7.39. The van der Waals surface area contributed by atoms with Gasteiger partial charge >= 0.3 is 5.97 Å². The third kappa shape index (κ3) is 10.2. The predicted molar refractivity (Wildman–Crippen MR) is 225 cm³/mol. The number of aromatic nitrogens is 4. The molecular weight excluding hydrogens is 735 g/mol. The minimum atomic E-state index is -0.763. The number of fused-ring (bicyclic) bond motifs is 2. The molecule has 2 aromatic carbocycles. The van der Waals surface area contributed by atoms with E-state index in [1.165, 1.54) is 7.11 Å². The number of benzene rings is 2. The van der Waals surface area contributed by atoms with E-state index in [1.54, 1.807) is 7.05 Å². The minimum absolute atomic E-state index is 0.212. The van der Waals surface area contributed by atoms with Crippen LogP contribution in [0.5, 0.6) is 0 Å². The number of hydrogen-bond donors (Lipinski definition) is 3. The number of rotatable bonds is 8. The van der Waals surface area contributed by atoms with E-state index in [0.29, 0.717) is 24.5 Å². The Morgan fingerprint density at radius 2 is 1.03 bits per heavy atom. The molecule has 0 aliphatic carbocycles. The van der Waals surface area contributed by atoms with E-state index in [1.807, 2.05) is 109 Å². The van der Waals surface area contributed by atoms with Gasteiger partial charge in [0.05, 0.1) is 18.5 Å². The van der Waals surface area contributed by atoms with Crippen LogP contribution in [0.2, 0.25) is 0 Å². The highest BCUT2D eigenvalue weighted by atomic mass is 16.5. The SMILES string of the molecule is CNC(=O)[C@@H](NC(=O)c1nc(-c2ccccc2)n2c1CN(C)CCC2)C(C)(C)C.COC(=O)[C@@H](NC(=O)c1nc(-c2ccccc2)n2c1CN(C)CCC2)C(C)(C)C. The molecule has 58 heavy (non-hydrogen) atoms. The number of likely N-dealkylation sites (N-methyl/N-ethyl adjacent to an activating group) is 1. The molecule has 14 heteroatoms. The Kier molecular flexibility index (Phi) is 14.0. The fraction of sp³-hybridized carbons (Fsp3) is 0.500. The number of methoxy groups -OCH3 is 1. The Balaban J connectivity index is 0.000000221. The van der Waals surface area contributed by atoms with E-state index < -0.39 is 28.9 Å². The Hall–Kier alpha value is -5.34. The molecule has 3 amide bonds. The average molecular weight is 796 g/mol. The molecule has 4 aromatic rings. The van der Waals surface area contributed by atoms with Gasteiger partial charge in [-0.25, -0.2) is 14.8 Å². The average Bonchev–Trinajstić information content (AvgIpc) is 3.57. The number of hydrogen-bond acceptors (Lipinski definition) is 9. The number of imidazole rings is 2. The second kappa shape index (κ2) is 18.5. The zero-order valence-electron chi connectivity index (χ0n) is 35.8. The maximum atomic E-state index is 13.3. The first-order valence-corrected chi connectivity index (χ1v) is 20.0. The lowest BCUT2D eigenvalue weighted by atomic mass is 9.86. The molecule has 4 heterocycles. The Morgan fingerprint density at radius 1 is 0.638 bits per heavy atom. The maximum Gasteiger partial charge on any atom is 0.328 e. The normalized spacial score (nSPS) is 15.9. The lowest BCUT2D eigenvalue weighted by Gasteiger charge is -2.29. The first-order chi connectivity index (χ1) is 27.4. The summed E-state index contributed by atoms with van der Waals surface area (Å²) < 4.78 is 9.20. The molecule has 0 spiro atoms. The van der Waals surface area contributed by atoms with E-state index in [9.17, 15) is 19.2 Å². The van der Waals surface area contributed by atoms with Crippen LogP contribution in [-0.4, -0.2) is 106 Å². The molecule has 0 saturated carbocycles. The van der Waals surface area contributed by atoms with Gasteiger partial charge in [-0.2, -0.15) is 0 Å². The summed E-state index contributed by atoms with van der Waals surface area (Å²) in [7, 11) is 7.00. The molecule has 6 rings (SSSR count). The van der Waals surface area contributed by atoms with Crippen molar-refractivity contribution in [3.63, 3.8) is 0 Å². The number of carbonyl (C=O) groups is 4. The van der Waals surface area contributed by atoms with Crippen LogP contribution in [0, 0.1) is 10.8 Å². The van der Waals surface area contributed by atoms with Gasteiger partial charge in [0.2, 0.25) is 5.91 Å². The number of esters is 1. The summed E-state index contributed by atoms with van der Waals surface area (Å²) in [5, 5.41) is 8.45. The lowest BCUT2D eigenvalue weighted by molar-refractivity contribution is -0.145. The van der Waals surface area contributed by atoms with Gasteiger partial charge in [-0.3, -0.25) is 14.4 Å². The largest absolute Gasteiger partial charge is 0.467 e. The topological polar surface area (TPSA) is 156 Å². The van der Waals surface area contributed by atoms with E-state index in [0.717, 1.165) is 73.2 Å². The zero-order chi connectivity index (χ0) is 42.4. The molecule has 0 fully saturated rings. The molecule has 3 N–H and O–H groups in total. The number of nitrogens with zero attached hydrogens (tertiary/aromatic N) is 6. The number of carbonyl (C=O) groups excluding carboxylic acids is 4. The Bertz CT molecular complexity index is 1910. The summed E-state index contributed by atoms with van der Waals surface area (Å²) in [4.78, 5) is 65.1. The van der Waals surface area contributed by atoms with Crippen LogP contribution in [0.25, 0.3) is 22.8 Å². The summed E-state index contributed by atoms with van der Waals surface area (Å²) in [5.41, 5.74) is 3.58. The Morgan fingerprint density at radius 3 is 1.40 bits per heavy atom. The molecule has 14 nitrogen and oxygen atoms in total. The van der Waals surface area contributed by atoms with Crippen LogP contribution in [-0.2, 0) is 40.5 Å². The summed E-state index contributed by atoms with van der Waals surface area (Å²) in [6.07, 6.45) is 1.97. The number of amides is 3. The molecule has 2 atom stereocenters. The van der Waals surface area contributed by atoms with Gasteiger partial charge in [0.15, 0.2) is 11.4 Å². The molecule has 0 bridgehead atoms. The molecule has 2 aromatic heterocycles. The third-order valence-electron chi connectivity index (χ3n) is 10.6. The second-order valence-electron chi connectivity index (χ2n) is 17.4. The van der Waals surface area contributed by atoms with Gasteiger partial charge in [0, 0.05) is 44.4 Å². The van der Waals surface area contributed by atoms with E-state index in [2.05, 4.69) is 41.9 Å². The minimum Gasteiger partial charge on any atom is -0.467 e. The van der Waals surface area contributed by atoms with Crippen LogP contribution < -0.4 is 16.0 Å². The van der Waals surface area contributed by atoms with Crippen molar-refractivity contribution >= 4 is 23.7 Å². The van der Waals surface area contributed by atoms with Gasteiger partial charge in [-0.15, -0.1) is 0 Å². The first-order valence-electron chi connectivity index (χ1n) is 20.0. The highest BCUT2D eigenvalue weighted by molar-refractivity contribution is 5.98. The van der Waals surface area contributed by atoms with Crippen molar-refractivity contribution in [2.24, 2.45) is 10.8 Å². The van der Waals surface area contributed by atoms with E-state index >= 15 is 0 Å². The summed E-state index contributed by atoms with van der Waals surface area (Å²) >= 11 is 0. The third-order valence-corrected chi connectivity index (χ3v) is 10.6. The summed E-state index contributed by atoms with van der Waals surface area (Å²) in [6.45, 7) is 16.3. The molecule has 0 saturated heterocycles. The predicted octanol–water partition coefficient (Wildman–Crippen LogP) is 4.98. The van der Waals surface area contributed by atoms with Gasteiger partial charge in [-0.05, 0) is 50.9 Å². The van der Waals surface area contributed by atoms with Crippen molar-refractivity contribution in [2.45, 2.75) is 92.6 Å².